The molecule has 0 spiro atoms. The second-order valence-corrected chi connectivity index (χ2v) is 3.41. The molecule has 0 saturated heterocycles. The molecular formula is C9H12F3N3O2. The molecule has 2 N–H and O–H groups in total. The van der Waals surface area contributed by atoms with Crippen LogP contribution in [0.4, 0.5) is 13.2 Å². The van der Waals surface area contributed by atoms with E-state index in [0.29, 0.717) is 6.54 Å². The van der Waals surface area contributed by atoms with Gasteiger partial charge >= 0.3 is 12.1 Å². The number of carboxylic acids is 1. The fourth-order valence-electron chi connectivity index (χ4n) is 1.22. The van der Waals surface area contributed by atoms with Crippen LogP contribution in [0.25, 0.3) is 0 Å². The zero-order valence-electron chi connectivity index (χ0n) is 8.81. The van der Waals surface area contributed by atoms with Gasteiger partial charge in [0.1, 0.15) is 0 Å². The third kappa shape index (κ3) is 4.43. The Morgan fingerprint density at radius 3 is 2.71 bits per heavy atom. The van der Waals surface area contributed by atoms with E-state index < -0.39 is 24.6 Å². The first-order chi connectivity index (χ1) is 7.91. The molecule has 96 valence electrons. The molecule has 17 heavy (non-hydrogen) atoms. The Morgan fingerprint density at radius 1 is 1.53 bits per heavy atom. The maximum Gasteiger partial charge on any atom is 0.403 e. The summed E-state index contributed by atoms with van der Waals surface area (Å²) in [5.41, 5.74) is 0. The minimum atomic E-state index is -4.73. The minimum Gasteiger partial charge on any atom is -0.481 e. The van der Waals surface area contributed by atoms with E-state index >= 15 is 0 Å². The second-order valence-electron chi connectivity index (χ2n) is 3.41. The van der Waals surface area contributed by atoms with Gasteiger partial charge in [-0.25, -0.2) is 0 Å². The number of carboxylic acid groups (broad SMARTS) is 1. The monoisotopic (exact) mass is 251 g/mol. The standard InChI is InChI=1S/C9H12F3N3O2/c10-9(11,12)7(8(16)17)6-13-3-5-15-4-1-2-14-15/h1-2,4,7,13H,3,5-6H2,(H,16,17). The van der Waals surface area contributed by atoms with Gasteiger partial charge in [-0.3, -0.25) is 9.48 Å². The van der Waals surface area contributed by atoms with Gasteiger partial charge in [0.15, 0.2) is 5.92 Å². The second kappa shape index (κ2) is 5.67. The molecule has 8 heteroatoms. The Hall–Kier alpha value is -1.57. The minimum absolute atomic E-state index is 0.224. The Bertz CT molecular complexity index is 351. The number of rotatable bonds is 6. The van der Waals surface area contributed by atoms with Crippen molar-refractivity contribution >= 4 is 5.97 Å². The molecule has 0 bridgehead atoms. The van der Waals surface area contributed by atoms with Gasteiger partial charge in [-0.2, -0.15) is 18.3 Å². The van der Waals surface area contributed by atoms with Gasteiger partial charge < -0.3 is 10.4 Å². The van der Waals surface area contributed by atoms with Crippen LogP contribution < -0.4 is 5.32 Å². The highest BCUT2D eigenvalue weighted by atomic mass is 19.4. The third-order valence-corrected chi connectivity index (χ3v) is 2.12. The summed E-state index contributed by atoms with van der Waals surface area (Å²) in [5, 5.41) is 14.7. The Morgan fingerprint density at radius 2 is 2.24 bits per heavy atom. The van der Waals surface area contributed by atoms with Crippen LogP contribution >= 0.6 is 0 Å². The summed E-state index contributed by atoms with van der Waals surface area (Å²) in [6.07, 6.45) is -1.51. The molecular weight excluding hydrogens is 239 g/mol. The van der Waals surface area contributed by atoms with Crippen LogP contribution in [0.15, 0.2) is 18.5 Å². The van der Waals surface area contributed by atoms with Crippen molar-refractivity contribution in [1.82, 2.24) is 15.1 Å². The fraction of sp³-hybridized carbons (Fsp3) is 0.556. The predicted octanol–water partition coefficient (Wildman–Crippen LogP) is 0.736. The van der Waals surface area contributed by atoms with Gasteiger partial charge in [0.25, 0.3) is 0 Å². The molecule has 5 nitrogen and oxygen atoms in total. The van der Waals surface area contributed by atoms with E-state index in [-0.39, 0.29) is 6.54 Å². The number of hydrogen-bond acceptors (Lipinski definition) is 3. The highest BCUT2D eigenvalue weighted by Gasteiger charge is 2.44. The number of carbonyl (C=O) groups is 1. The summed E-state index contributed by atoms with van der Waals surface area (Å²) in [6, 6.07) is 1.69. The number of hydrogen-bond donors (Lipinski definition) is 2. The van der Waals surface area contributed by atoms with Crippen molar-refractivity contribution in [3.8, 4) is 0 Å². The molecule has 1 heterocycles. The molecule has 0 saturated carbocycles. The summed E-state index contributed by atoms with van der Waals surface area (Å²) in [5.74, 6) is -4.25. The lowest BCUT2D eigenvalue weighted by molar-refractivity contribution is -0.192. The maximum absolute atomic E-state index is 12.2. The number of aliphatic carboxylic acids is 1. The number of aromatic nitrogens is 2. The molecule has 0 fully saturated rings. The molecule has 1 aromatic heterocycles. The molecule has 1 aromatic rings. The van der Waals surface area contributed by atoms with Crippen LogP contribution in [0.1, 0.15) is 0 Å². The lowest BCUT2D eigenvalue weighted by atomic mass is 10.1. The Kier molecular flexibility index (Phi) is 4.50. The first kappa shape index (κ1) is 13.5. The van der Waals surface area contributed by atoms with Crippen molar-refractivity contribution < 1.29 is 23.1 Å². The number of halogens is 3. The lowest BCUT2D eigenvalue weighted by Crippen LogP contribution is -2.39. The van der Waals surface area contributed by atoms with Gasteiger partial charge in [0, 0.05) is 25.5 Å². The van der Waals surface area contributed by atoms with Crippen molar-refractivity contribution in [2.75, 3.05) is 13.1 Å². The Labute approximate surface area is 95.2 Å². The average molecular weight is 251 g/mol. The van der Waals surface area contributed by atoms with Gasteiger partial charge in [0.05, 0.1) is 6.54 Å². The Balaban J connectivity index is 2.31. The summed E-state index contributed by atoms with van der Waals surface area (Å²) >= 11 is 0. The van der Waals surface area contributed by atoms with Crippen molar-refractivity contribution in [2.45, 2.75) is 12.7 Å². The van der Waals surface area contributed by atoms with Crippen LogP contribution in [-0.4, -0.2) is 40.1 Å². The molecule has 0 aliphatic carbocycles. The van der Waals surface area contributed by atoms with E-state index in [2.05, 4.69) is 10.4 Å². The molecule has 1 atom stereocenters. The first-order valence-electron chi connectivity index (χ1n) is 4.89. The van der Waals surface area contributed by atoms with Crippen LogP contribution in [0, 0.1) is 5.92 Å². The van der Waals surface area contributed by atoms with Crippen LogP contribution in [-0.2, 0) is 11.3 Å². The normalized spacial score (nSPS) is 13.6. The van der Waals surface area contributed by atoms with E-state index in [0.717, 1.165) is 0 Å². The van der Waals surface area contributed by atoms with E-state index in [1.165, 1.54) is 4.68 Å². The molecule has 0 radical (unpaired) electrons. The highest BCUT2D eigenvalue weighted by molar-refractivity contribution is 5.71. The van der Waals surface area contributed by atoms with Crippen molar-refractivity contribution in [2.24, 2.45) is 5.92 Å². The van der Waals surface area contributed by atoms with E-state index in [9.17, 15) is 18.0 Å². The topological polar surface area (TPSA) is 67.2 Å². The zero-order valence-corrected chi connectivity index (χ0v) is 8.81. The number of nitrogens with one attached hydrogen (secondary N) is 1. The number of nitrogens with zero attached hydrogens (tertiary/aromatic N) is 2. The van der Waals surface area contributed by atoms with Crippen LogP contribution in [0.5, 0.6) is 0 Å². The summed E-state index contributed by atoms with van der Waals surface area (Å²) in [6.45, 7) is -0.0289. The maximum atomic E-state index is 12.2. The molecule has 0 aliphatic rings. The smallest absolute Gasteiger partial charge is 0.403 e. The van der Waals surface area contributed by atoms with Gasteiger partial charge in [0.2, 0.25) is 0 Å². The van der Waals surface area contributed by atoms with E-state index in [1.54, 1.807) is 18.5 Å². The number of alkyl halides is 3. The van der Waals surface area contributed by atoms with Gasteiger partial charge in [-0.05, 0) is 6.07 Å². The largest absolute Gasteiger partial charge is 0.481 e. The molecule has 0 aliphatic heterocycles. The molecule has 0 aromatic carbocycles. The SMILES string of the molecule is O=C(O)C(CNCCn1cccn1)C(F)(F)F. The fourth-order valence-corrected chi connectivity index (χ4v) is 1.22. The third-order valence-electron chi connectivity index (χ3n) is 2.12. The summed E-state index contributed by atoms with van der Waals surface area (Å²) in [7, 11) is 0. The van der Waals surface area contributed by atoms with Crippen molar-refractivity contribution in [3.05, 3.63) is 18.5 Å². The van der Waals surface area contributed by atoms with Gasteiger partial charge in [-0.15, -0.1) is 0 Å². The average Bonchev–Trinajstić information content (AvgIpc) is 2.67. The molecule has 1 unspecified atom stereocenters. The quantitative estimate of drug-likeness (QED) is 0.732. The van der Waals surface area contributed by atoms with E-state index in [1.807, 2.05) is 0 Å². The van der Waals surface area contributed by atoms with Crippen LogP contribution in [0.3, 0.4) is 0 Å². The predicted molar refractivity (Wildman–Crippen MR) is 52.3 cm³/mol. The highest BCUT2D eigenvalue weighted by Crippen LogP contribution is 2.25. The van der Waals surface area contributed by atoms with Crippen molar-refractivity contribution in [1.29, 1.82) is 0 Å². The molecule has 0 amide bonds. The van der Waals surface area contributed by atoms with Gasteiger partial charge in [-0.1, -0.05) is 0 Å². The molecule has 1 rings (SSSR count). The van der Waals surface area contributed by atoms with Crippen LogP contribution in [0.2, 0.25) is 0 Å². The lowest BCUT2D eigenvalue weighted by Gasteiger charge is -2.16. The van der Waals surface area contributed by atoms with E-state index in [4.69, 9.17) is 5.11 Å². The first-order valence-corrected chi connectivity index (χ1v) is 4.89. The summed E-state index contributed by atoms with van der Waals surface area (Å²) < 4.78 is 38.2. The summed E-state index contributed by atoms with van der Waals surface area (Å²) in [4.78, 5) is 10.4. The zero-order chi connectivity index (χ0) is 12.9. The van der Waals surface area contributed by atoms with Crippen molar-refractivity contribution in [3.63, 3.8) is 0 Å².